The molecule has 0 amide bonds. The lowest BCUT2D eigenvalue weighted by Gasteiger charge is -2.36. The van der Waals surface area contributed by atoms with Gasteiger partial charge in [0.2, 0.25) is 0 Å². The molecule has 0 bridgehead atoms. The van der Waals surface area contributed by atoms with Gasteiger partial charge in [0.15, 0.2) is 0 Å². The van der Waals surface area contributed by atoms with E-state index in [2.05, 4.69) is 21.8 Å². The van der Waals surface area contributed by atoms with Gasteiger partial charge < -0.3 is 10.0 Å². The molecule has 0 saturated carbocycles. The highest BCUT2D eigenvalue weighted by molar-refractivity contribution is 6.29. The van der Waals surface area contributed by atoms with Crippen molar-refractivity contribution in [3.8, 4) is 0 Å². The lowest BCUT2D eigenvalue weighted by Crippen LogP contribution is -2.43. The third kappa shape index (κ3) is 2.44. The van der Waals surface area contributed by atoms with Gasteiger partial charge in [-0.3, -0.25) is 0 Å². The molecule has 1 aliphatic heterocycles. The van der Waals surface area contributed by atoms with Crippen molar-refractivity contribution in [1.29, 1.82) is 0 Å². The summed E-state index contributed by atoms with van der Waals surface area (Å²) >= 11 is 5.84. The van der Waals surface area contributed by atoms with Crippen molar-refractivity contribution >= 4 is 17.4 Å². The number of rotatable bonds is 2. The zero-order valence-electron chi connectivity index (χ0n) is 9.30. The van der Waals surface area contributed by atoms with E-state index >= 15 is 0 Å². The SMILES string of the molecule is CC[C@H]1CN(c2cc(Cl)ncn2)CC[C@H]1O. The summed E-state index contributed by atoms with van der Waals surface area (Å²) in [4.78, 5) is 10.2. The molecule has 1 N–H and O–H groups in total. The van der Waals surface area contributed by atoms with Crippen LogP contribution < -0.4 is 4.90 Å². The quantitative estimate of drug-likeness (QED) is 0.802. The molecule has 0 spiro atoms. The third-order valence-electron chi connectivity index (χ3n) is 3.16. The van der Waals surface area contributed by atoms with Gasteiger partial charge in [-0.15, -0.1) is 0 Å². The van der Waals surface area contributed by atoms with Gasteiger partial charge in [-0.2, -0.15) is 0 Å². The van der Waals surface area contributed by atoms with E-state index in [1.54, 1.807) is 6.07 Å². The predicted octanol–water partition coefficient (Wildman–Crippen LogP) is 1.73. The maximum Gasteiger partial charge on any atom is 0.134 e. The van der Waals surface area contributed by atoms with Gasteiger partial charge >= 0.3 is 0 Å². The summed E-state index contributed by atoms with van der Waals surface area (Å²) in [6.45, 7) is 3.76. The summed E-state index contributed by atoms with van der Waals surface area (Å²) in [5, 5.41) is 10.3. The van der Waals surface area contributed by atoms with Crippen LogP contribution in [0.3, 0.4) is 0 Å². The van der Waals surface area contributed by atoms with Crippen LogP contribution in [-0.2, 0) is 0 Å². The molecule has 1 saturated heterocycles. The van der Waals surface area contributed by atoms with Crippen LogP contribution in [0.5, 0.6) is 0 Å². The van der Waals surface area contributed by atoms with Gasteiger partial charge in [0, 0.05) is 25.1 Å². The Bertz CT molecular complexity index is 361. The molecule has 0 radical (unpaired) electrons. The normalized spacial score (nSPS) is 25.8. The Hall–Kier alpha value is -0.870. The van der Waals surface area contributed by atoms with Crippen LogP contribution in [0.4, 0.5) is 5.82 Å². The number of piperidine rings is 1. The largest absolute Gasteiger partial charge is 0.393 e. The fraction of sp³-hybridized carbons (Fsp3) is 0.636. The van der Waals surface area contributed by atoms with Crippen molar-refractivity contribution in [2.75, 3.05) is 18.0 Å². The van der Waals surface area contributed by atoms with Crippen LogP contribution in [0.15, 0.2) is 12.4 Å². The fourth-order valence-corrected chi connectivity index (χ4v) is 2.27. The minimum atomic E-state index is -0.182. The number of aliphatic hydroxyl groups excluding tert-OH is 1. The number of nitrogens with zero attached hydrogens (tertiary/aromatic N) is 3. The van der Waals surface area contributed by atoms with Crippen molar-refractivity contribution < 1.29 is 5.11 Å². The van der Waals surface area contributed by atoms with E-state index in [0.29, 0.717) is 11.1 Å². The zero-order chi connectivity index (χ0) is 11.5. The van der Waals surface area contributed by atoms with Crippen LogP contribution in [-0.4, -0.2) is 34.3 Å². The van der Waals surface area contributed by atoms with Crippen molar-refractivity contribution in [3.63, 3.8) is 0 Å². The van der Waals surface area contributed by atoms with Gasteiger partial charge in [0.05, 0.1) is 6.10 Å². The number of hydrogen-bond acceptors (Lipinski definition) is 4. The fourth-order valence-electron chi connectivity index (χ4n) is 2.13. The van der Waals surface area contributed by atoms with Crippen molar-refractivity contribution in [1.82, 2.24) is 9.97 Å². The summed E-state index contributed by atoms with van der Waals surface area (Å²) < 4.78 is 0. The minimum Gasteiger partial charge on any atom is -0.393 e. The Balaban J connectivity index is 2.11. The summed E-state index contributed by atoms with van der Waals surface area (Å²) in [5.41, 5.74) is 0. The van der Waals surface area contributed by atoms with Gasteiger partial charge in [0.25, 0.3) is 0 Å². The van der Waals surface area contributed by atoms with Crippen LogP contribution in [0.1, 0.15) is 19.8 Å². The molecule has 4 nitrogen and oxygen atoms in total. The average molecular weight is 242 g/mol. The summed E-state index contributed by atoms with van der Waals surface area (Å²) in [6.07, 6.45) is 3.07. The Morgan fingerprint density at radius 1 is 1.56 bits per heavy atom. The molecular formula is C11H16ClN3O. The van der Waals surface area contributed by atoms with Crippen LogP contribution >= 0.6 is 11.6 Å². The first-order chi connectivity index (χ1) is 7.70. The topological polar surface area (TPSA) is 49.2 Å². The lowest BCUT2D eigenvalue weighted by atomic mass is 9.92. The molecule has 2 rings (SSSR count). The molecule has 1 aromatic rings. The van der Waals surface area contributed by atoms with Crippen LogP contribution in [0.25, 0.3) is 0 Å². The Labute approximate surface area is 100 Å². The number of anilines is 1. The van der Waals surface area contributed by atoms with E-state index in [1.165, 1.54) is 6.33 Å². The molecule has 2 heterocycles. The van der Waals surface area contributed by atoms with Gasteiger partial charge in [-0.25, -0.2) is 9.97 Å². The number of aliphatic hydroxyl groups is 1. The first kappa shape index (κ1) is 11.6. The smallest absolute Gasteiger partial charge is 0.134 e. The standard InChI is InChI=1S/C11H16ClN3O/c1-2-8-6-15(4-3-9(8)16)11-5-10(12)13-7-14-11/h5,7-9,16H,2-4,6H2,1H3/t8-,9+/m0/s1. The second kappa shape index (κ2) is 4.97. The molecule has 1 fully saturated rings. The predicted molar refractivity (Wildman–Crippen MR) is 63.7 cm³/mol. The molecule has 0 aliphatic carbocycles. The van der Waals surface area contributed by atoms with Gasteiger partial charge in [-0.1, -0.05) is 18.5 Å². The first-order valence-electron chi connectivity index (χ1n) is 5.61. The molecule has 88 valence electrons. The minimum absolute atomic E-state index is 0.182. The van der Waals surface area contributed by atoms with Crippen LogP contribution in [0.2, 0.25) is 5.15 Å². The highest BCUT2D eigenvalue weighted by Gasteiger charge is 2.27. The van der Waals surface area contributed by atoms with E-state index in [1.807, 2.05) is 0 Å². The Morgan fingerprint density at radius 2 is 2.38 bits per heavy atom. The summed E-state index contributed by atoms with van der Waals surface area (Å²) in [7, 11) is 0. The second-order valence-corrected chi connectivity index (χ2v) is 4.56. The molecular weight excluding hydrogens is 226 g/mol. The number of aromatic nitrogens is 2. The van der Waals surface area contributed by atoms with Crippen molar-refractivity contribution in [2.45, 2.75) is 25.9 Å². The molecule has 16 heavy (non-hydrogen) atoms. The molecule has 0 unspecified atom stereocenters. The molecule has 1 aliphatic rings. The summed E-state index contributed by atoms with van der Waals surface area (Å²) in [6, 6.07) is 1.77. The molecule has 5 heteroatoms. The van der Waals surface area contributed by atoms with Crippen molar-refractivity contribution in [2.24, 2.45) is 5.92 Å². The molecule has 2 atom stereocenters. The Kier molecular flexibility index (Phi) is 3.61. The van der Waals surface area contributed by atoms with Crippen LogP contribution in [0, 0.1) is 5.92 Å². The lowest BCUT2D eigenvalue weighted by molar-refractivity contribution is 0.0858. The maximum absolute atomic E-state index is 9.80. The van der Waals surface area contributed by atoms with Crippen molar-refractivity contribution in [3.05, 3.63) is 17.5 Å². The van der Waals surface area contributed by atoms with E-state index in [9.17, 15) is 5.11 Å². The molecule has 1 aromatic heterocycles. The average Bonchev–Trinajstić information content (AvgIpc) is 2.29. The molecule has 0 aromatic carbocycles. The second-order valence-electron chi connectivity index (χ2n) is 4.17. The third-order valence-corrected chi connectivity index (χ3v) is 3.37. The summed E-state index contributed by atoms with van der Waals surface area (Å²) in [5.74, 6) is 1.17. The zero-order valence-corrected chi connectivity index (χ0v) is 10.1. The Morgan fingerprint density at radius 3 is 3.06 bits per heavy atom. The van der Waals surface area contributed by atoms with Gasteiger partial charge in [0.1, 0.15) is 17.3 Å². The van der Waals surface area contributed by atoms with Gasteiger partial charge in [-0.05, 0) is 12.8 Å². The first-order valence-corrected chi connectivity index (χ1v) is 5.99. The number of hydrogen-bond donors (Lipinski definition) is 1. The number of halogens is 1. The van der Waals surface area contributed by atoms with E-state index < -0.39 is 0 Å². The highest BCUT2D eigenvalue weighted by atomic mass is 35.5. The van der Waals surface area contributed by atoms with E-state index in [4.69, 9.17) is 11.6 Å². The monoisotopic (exact) mass is 241 g/mol. The maximum atomic E-state index is 9.80. The van der Waals surface area contributed by atoms with E-state index in [-0.39, 0.29) is 6.10 Å². The van der Waals surface area contributed by atoms with E-state index in [0.717, 1.165) is 31.7 Å². The highest BCUT2D eigenvalue weighted by Crippen LogP contribution is 2.24.